The van der Waals surface area contributed by atoms with Crippen LogP contribution in [0, 0.1) is 5.82 Å². The minimum Gasteiger partial charge on any atom is -0.324 e. The minimum atomic E-state index is -0.495. The molecule has 7 nitrogen and oxygen atoms in total. The molecule has 150 valence electrons. The van der Waals surface area contributed by atoms with Crippen molar-refractivity contribution in [3.8, 4) is 0 Å². The van der Waals surface area contributed by atoms with Crippen molar-refractivity contribution in [2.75, 3.05) is 17.2 Å². The number of halogens is 1. The lowest BCUT2D eigenvalue weighted by molar-refractivity contribution is -0.135. The van der Waals surface area contributed by atoms with Gasteiger partial charge in [-0.15, -0.1) is 0 Å². The summed E-state index contributed by atoms with van der Waals surface area (Å²) in [4.78, 5) is 36.8. The average Bonchev–Trinajstić information content (AvgIpc) is 2.71. The van der Waals surface area contributed by atoms with E-state index in [9.17, 15) is 18.8 Å². The molecule has 1 aliphatic rings. The number of anilines is 2. The number of rotatable bonds is 6. The molecule has 0 aliphatic carbocycles. The molecule has 8 heteroatoms. The summed E-state index contributed by atoms with van der Waals surface area (Å²) in [6.45, 7) is 1.73. The van der Waals surface area contributed by atoms with Gasteiger partial charge in [-0.1, -0.05) is 19.1 Å². The van der Waals surface area contributed by atoms with Gasteiger partial charge < -0.3 is 10.6 Å². The molecule has 0 spiro atoms. The Bertz CT molecular complexity index is 957. The number of carbonyl (C=O) groups excluding carboxylic acids is 3. The molecule has 0 radical (unpaired) electrons. The van der Waals surface area contributed by atoms with Crippen molar-refractivity contribution in [1.82, 2.24) is 5.01 Å². The Morgan fingerprint density at radius 1 is 1.07 bits per heavy atom. The summed E-state index contributed by atoms with van der Waals surface area (Å²) < 4.78 is 13.0. The normalized spacial score (nSPS) is 13.7. The zero-order valence-electron chi connectivity index (χ0n) is 15.9. The fraction of sp³-hybridized carbons (Fsp3) is 0.238. The van der Waals surface area contributed by atoms with Crippen LogP contribution in [0.5, 0.6) is 0 Å². The molecule has 1 aliphatic heterocycles. The largest absolute Gasteiger partial charge is 0.324 e. The number of carbonyl (C=O) groups is 3. The van der Waals surface area contributed by atoms with Gasteiger partial charge in [0.1, 0.15) is 18.1 Å². The fourth-order valence-electron chi connectivity index (χ4n) is 2.83. The van der Waals surface area contributed by atoms with Crippen LogP contribution in [-0.2, 0) is 20.8 Å². The van der Waals surface area contributed by atoms with Crippen molar-refractivity contribution in [3.63, 3.8) is 0 Å². The number of hydrazone groups is 1. The maximum atomic E-state index is 13.0. The predicted molar refractivity (Wildman–Crippen MR) is 108 cm³/mol. The molecular weight excluding hydrogens is 375 g/mol. The summed E-state index contributed by atoms with van der Waals surface area (Å²) in [7, 11) is 0. The van der Waals surface area contributed by atoms with E-state index in [4.69, 9.17) is 0 Å². The summed E-state index contributed by atoms with van der Waals surface area (Å²) in [6.07, 6.45) is 1.09. The number of benzene rings is 2. The predicted octanol–water partition coefficient (Wildman–Crippen LogP) is 2.94. The highest BCUT2D eigenvalue weighted by Crippen LogP contribution is 2.14. The van der Waals surface area contributed by atoms with E-state index >= 15 is 0 Å². The number of nitrogens with one attached hydrogen (secondary N) is 2. The molecular formula is C21H21FN4O3. The number of hydrogen-bond donors (Lipinski definition) is 2. The van der Waals surface area contributed by atoms with E-state index in [0.29, 0.717) is 11.4 Å². The molecule has 0 atom stereocenters. The Balaban J connectivity index is 1.64. The Hall–Kier alpha value is -3.55. The lowest BCUT2D eigenvalue weighted by atomic mass is 10.1. The average molecular weight is 396 g/mol. The van der Waals surface area contributed by atoms with Crippen molar-refractivity contribution >= 4 is 34.8 Å². The Labute approximate surface area is 167 Å². The third-order valence-electron chi connectivity index (χ3n) is 4.38. The van der Waals surface area contributed by atoms with Gasteiger partial charge in [0.2, 0.25) is 11.8 Å². The van der Waals surface area contributed by atoms with E-state index in [1.54, 1.807) is 6.07 Å². The van der Waals surface area contributed by atoms with Crippen molar-refractivity contribution < 1.29 is 18.8 Å². The molecule has 0 saturated carbocycles. The van der Waals surface area contributed by atoms with Crippen LogP contribution < -0.4 is 10.6 Å². The number of aryl methyl sites for hydroxylation is 1. The molecule has 0 unspecified atom stereocenters. The first-order valence-electron chi connectivity index (χ1n) is 9.28. The molecule has 0 fully saturated rings. The van der Waals surface area contributed by atoms with E-state index in [0.717, 1.165) is 17.0 Å². The fourth-order valence-corrected chi connectivity index (χ4v) is 2.83. The molecule has 0 saturated heterocycles. The van der Waals surface area contributed by atoms with Crippen molar-refractivity contribution in [1.29, 1.82) is 0 Å². The van der Waals surface area contributed by atoms with E-state index in [2.05, 4.69) is 15.7 Å². The van der Waals surface area contributed by atoms with Gasteiger partial charge in [0, 0.05) is 24.2 Å². The number of nitrogens with zero attached hydrogens (tertiary/aromatic N) is 2. The standard InChI is InChI=1S/C21H21FN4O3/c1-2-14-4-3-5-17(12-14)23-19(27)13-26-20(28)11-10-18(25-26)21(29)24-16-8-6-15(22)7-9-16/h3-9,12H,2,10-11,13H2,1H3,(H,23,27)(H,24,29). The van der Waals surface area contributed by atoms with Crippen LogP contribution in [0.3, 0.4) is 0 Å². The number of amides is 3. The van der Waals surface area contributed by atoms with Gasteiger partial charge in [-0.3, -0.25) is 14.4 Å². The van der Waals surface area contributed by atoms with Crippen molar-refractivity contribution in [3.05, 3.63) is 59.9 Å². The van der Waals surface area contributed by atoms with Gasteiger partial charge in [-0.05, 0) is 48.4 Å². The summed E-state index contributed by atoms with van der Waals surface area (Å²) >= 11 is 0. The molecule has 0 bridgehead atoms. The van der Waals surface area contributed by atoms with Crippen LogP contribution in [0.25, 0.3) is 0 Å². The third-order valence-corrected chi connectivity index (χ3v) is 4.38. The maximum absolute atomic E-state index is 13.0. The van der Waals surface area contributed by atoms with Crippen LogP contribution in [-0.4, -0.2) is 35.0 Å². The third kappa shape index (κ3) is 5.47. The van der Waals surface area contributed by atoms with Gasteiger partial charge in [0.15, 0.2) is 0 Å². The zero-order chi connectivity index (χ0) is 20.8. The van der Waals surface area contributed by atoms with Gasteiger partial charge in [-0.25, -0.2) is 9.40 Å². The van der Waals surface area contributed by atoms with Gasteiger partial charge in [0.25, 0.3) is 5.91 Å². The Morgan fingerprint density at radius 2 is 1.83 bits per heavy atom. The summed E-state index contributed by atoms with van der Waals surface area (Å²) in [6, 6.07) is 12.7. The smallest absolute Gasteiger partial charge is 0.271 e. The molecule has 29 heavy (non-hydrogen) atoms. The number of hydrogen-bond acceptors (Lipinski definition) is 4. The second-order valence-electron chi connectivity index (χ2n) is 6.56. The second kappa shape index (κ2) is 9.09. The second-order valence-corrected chi connectivity index (χ2v) is 6.56. The van der Waals surface area contributed by atoms with Crippen molar-refractivity contribution in [2.45, 2.75) is 26.2 Å². The van der Waals surface area contributed by atoms with Crippen LogP contribution in [0.2, 0.25) is 0 Å². The van der Waals surface area contributed by atoms with E-state index in [1.165, 1.54) is 24.3 Å². The molecule has 0 aromatic heterocycles. The van der Waals surface area contributed by atoms with E-state index in [-0.39, 0.29) is 31.0 Å². The first-order valence-corrected chi connectivity index (χ1v) is 9.28. The first-order chi connectivity index (χ1) is 13.9. The topological polar surface area (TPSA) is 90.9 Å². The van der Waals surface area contributed by atoms with Crippen LogP contribution in [0.15, 0.2) is 53.6 Å². The Kier molecular flexibility index (Phi) is 6.33. The molecule has 3 amide bonds. The zero-order valence-corrected chi connectivity index (χ0v) is 15.9. The van der Waals surface area contributed by atoms with E-state index in [1.807, 2.05) is 25.1 Å². The van der Waals surface area contributed by atoms with Gasteiger partial charge >= 0.3 is 0 Å². The summed E-state index contributed by atoms with van der Waals surface area (Å²) in [5, 5.41) is 10.4. The molecule has 2 aromatic rings. The minimum absolute atomic E-state index is 0.0776. The highest BCUT2D eigenvalue weighted by Gasteiger charge is 2.26. The highest BCUT2D eigenvalue weighted by molar-refractivity contribution is 6.43. The quantitative estimate of drug-likeness (QED) is 0.787. The molecule has 1 heterocycles. The maximum Gasteiger partial charge on any atom is 0.271 e. The molecule has 2 aromatic carbocycles. The highest BCUT2D eigenvalue weighted by atomic mass is 19.1. The van der Waals surface area contributed by atoms with Crippen LogP contribution in [0.1, 0.15) is 25.3 Å². The monoisotopic (exact) mass is 396 g/mol. The van der Waals surface area contributed by atoms with Gasteiger partial charge in [-0.2, -0.15) is 5.10 Å². The first kappa shape index (κ1) is 20.2. The Morgan fingerprint density at radius 3 is 2.55 bits per heavy atom. The summed E-state index contributed by atoms with van der Waals surface area (Å²) in [5.74, 6) is -1.65. The van der Waals surface area contributed by atoms with E-state index < -0.39 is 17.6 Å². The summed E-state index contributed by atoms with van der Waals surface area (Å²) in [5.41, 5.74) is 2.26. The van der Waals surface area contributed by atoms with Gasteiger partial charge in [0.05, 0.1) is 0 Å². The SMILES string of the molecule is CCc1cccc(NC(=O)CN2N=C(C(=O)Nc3ccc(F)cc3)CCC2=O)c1. The molecule has 2 N–H and O–H groups in total. The van der Waals surface area contributed by atoms with Crippen molar-refractivity contribution in [2.24, 2.45) is 5.10 Å². The van der Waals surface area contributed by atoms with Crippen LogP contribution in [0.4, 0.5) is 15.8 Å². The lowest BCUT2D eigenvalue weighted by Gasteiger charge is -2.22. The lowest BCUT2D eigenvalue weighted by Crippen LogP contribution is -2.40. The molecule has 3 rings (SSSR count). The van der Waals surface area contributed by atoms with Crippen LogP contribution >= 0.6 is 0 Å².